The highest BCUT2D eigenvalue weighted by Gasteiger charge is 2.46. The van der Waals surface area contributed by atoms with Gasteiger partial charge in [-0.15, -0.1) is 0 Å². The van der Waals surface area contributed by atoms with Crippen LogP contribution in [0.5, 0.6) is 0 Å². The molecule has 0 radical (unpaired) electrons. The number of hydrogen-bond acceptors (Lipinski definition) is 7. The molecule has 5 rings (SSSR count). The Labute approximate surface area is 186 Å². The quantitative estimate of drug-likeness (QED) is 0.737. The lowest BCUT2D eigenvalue weighted by molar-refractivity contribution is 0.192. The minimum atomic E-state index is -0.117. The minimum Gasteiger partial charge on any atom is -0.382 e. The molecule has 1 saturated carbocycles. The number of halogens is 1. The second-order valence-corrected chi connectivity index (χ2v) is 9.70. The first-order valence-corrected chi connectivity index (χ1v) is 11.2. The van der Waals surface area contributed by atoms with Gasteiger partial charge in [-0.05, 0) is 43.1 Å². The van der Waals surface area contributed by atoms with Crippen molar-refractivity contribution in [1.82, 2.24) is 14.5 Å². The standard InChI is InChI=1S/C22H28ClN7O/c1-12-9-15(24)22(10-12)4-7-30(8-5-22)21-28-14-11-27-18(16(14)20(31)29(21)2)13-3-6-26-19(25)17(13)23/h3,6,12,15H,4-5,7-11,24H2,1-2H3,(H2,25,26)/t12-,15+/m0/s1. The van der Waals surface area contributed by atoms with Crippen LogP contribution in [0.4, 0.5) is 11.8 Å². The number of aromatic nitrogens is 3. The minimum absolute atomic E-state index is 0.117. The van der Waals surface area contributed by atoms with Crippen molar-refractivity contribution in [1.29, 1.82) is 0 Å². The number of pyridine rings is 1. The van der Waals surface area contributed by atoms with Crippen LogP contribution in [0.15, 0.2) is 22.1 Å². The number of fused-ring (bicyclic) bond motifs is 1. The Hall–Kier alpha value is -2.45. The molecule has 9 heteroatoms. The van der Waals surface area contributed by atoms with E-state index in [1.807, 2.05) is 0 Å². The summed E-state index contributed by atoms with van der Waals surface area (Å²) < 4.78 is 1.63. The van der Waals surface area contributed by atoms with Gasteiger partial charge >= 0.3 is 0 Å². The van der Waals surface area contributed by atoms with Gasteiger partial charge in [-0.3, -0.25) is 14.4 Å². The SMILES string of the molecule is C[C@H]1C[C@@H](N)C2(CCN(c3nc4c(c(=O)n3C)C(c3ccnc(N)c3Cl)=NC4)CC2)C1. The lowest BCUT2D eigenvalue weighted by atomic mass is 9.74. The molecular weight excluding hydrogens is 414 g/mol. The van der Waals surface area contributed by atoms with Gasteiger partial charge in [0.05, 0.1) is 28.5 Å². The fraction of sp³-hybridized carbons (Fsp3) is 0.545. The predicted molar refractivity (Wildman–Crippen MR) is 123 cm³/mol. The highest BCUT2D eigenvalue weighted by Crippen LogP contribution is 2.48. The molecule has 1 aliphatic carbocycles. The van der Waals surface area contributed by atoms with E-state index < -0.39 is 0 Å². The third kappa shape index (κ3) is 3.15. The topological polar surface area (TPSA) is 115 Å². The summed E-state index contributed by atoms with van der Waals surface area (Å²) in [5.74, 6) is 1.61. The molecule has 0 unspecified atom stereocenters. The number of rotatable bonds is 2. The Morgan fingerprint density at radius 3 is 2.71 bits per heavy atom. The number of hydrogen-bond donors (Lipinski definition) is 2. The van der Waals surface area contributed by atoms with E-state index >= 15 is 0 Å². The number of nitrogens with zero attached hydrogens (tertiary/aromatic N) is 5. The second kappa shape index (κ2) is 7.31. The Kier molecular flexibility index (Phi) is 4.82. The van der Waals surface area contributed by atoms with Crippen molar-refractivity contribution in [2.75, 3.05) is 23.7 Å². The molecule has 1 saturated heterocycles. The van der Waals surface area contributed by atoms with E-state index in [1.165, 1.54) is 6.42 Å². The monoisotopic (exact) mass is 441 g/mol. The summed E-state index contributed by atoms with van der Waals surface area (Å²) in [5, 5.41) is 0.309. The van der Waals surface area contributed by atoms with E-state index in [9.17, 15) is 4.79 Å². The summed E-state index contributed by atoms with van der Waals surface area (Å²) in [6.07, 6.45) is 5.96. The summed E-state index contributed by atoms with van der Waals surface area (Å²) >= 11 is 6.35. The lowest BCUT2D eigenvalue weighted by Gasteiger charge is -2.42. The molecule has 31 heavy (non-hydrogen) atoms. The van der Waals surface area contributed by atoms with Gasteiger partial charge in [0.1, 0.15) is 5.82 Å². The molecule has 2 aliphatic heterocycles. The van der Waals surface area contributed by atoms with E-state index in [2.05, 4.69) is 21.8 Å². The van der Waals surface area contributed by atoms with Crippen LogP contribution < -0.4 is 21.9 Å². The Bertz CT molecular complexity index is 1130. The van der Waals surface area contributed by atoms with Crippen LogP contribution in [0, 0.1) is 11.3 Å². The fourth-order valence-corrected chi connectivity index (χ4v) is 5.90. The molecular formula is C22H28ClN7O. The normalized spacial score (nSPS) is 24.5. The van der Waals surface area contributed by atoms with Gasteiger partial charge in [-0.1, -0.05) is 18.5 Å². The van der Waals surface area contributed by atoms with Crippen molar-refractivity contribution in [2.24, 2.45) is 29.1 Å². The summed E-state index contributed by atoms with van der Waals surface area (Å²) in [6, 6.07) is 2.01. The Balaban J connectivity index is 1.45. The molecule has 0 amide bonds. The van der Waals surface area contributed by atoms with E-state index in [-0.39, 0.29) is 22.8 Å². The average molecular weight is 442 g/mol. The smallest absolute Gasteiger partial charge is 0.264 e. The number of aliphatic imine (C=N–C) groups is 1. The summed E-state index contributed by atoms with van der Waals surface area (Å²) in [6.45, 7) is 4.37. The van der Waals surface area contributed by atoms with Gasteiger partial charge in [0.25, 0.3) is 5.56 Å². The van der Waals surface area contributed by atoms with E-state index in [4.69, 9.17) is 28.1 Å². The lowest BCUT2D eigenvalue weighted by Crippen LogP contribution is -2.48. The second-order valence-electron chi connectivity index (χ2n) is 9.32. The maximum absolute atomic E-state index is 13.4. The van der Waals surface area contributed by atoms with Gasteiger partial charge in [0.2, 0.25) is 5.95 Å². The zero-order valence-corrected chi connectivity index (χ0v) is 18.7. The fourth-order valence-electron chi connectivity index (χ4n) is 5.70. The highest BCUT2D eigenvalue weighted by molar-refractivity contribution is 6.37. The zero-order valence-electron chi connectivity index (χ0n) is 17.9. The van der Waals surface area contributed by atoms with Crippen molar-refractivity contribution < 1.29 is 0 Å². The zero-order chi connectivity index (χ0) is 21.9. The first kappa shape index (κ1) is 20.5. The first-order valence-electron chi connectivity index (χ1n) is 10.9. The number of anilines is 2. The van der Waals surface area contributed by atoms with Crippen LogP contribution in [0.3, 0.4) is 0 Å². The molecule has 2 aromatic rings. The van der Waals surface area contributed by atoms with Crippen LogP contribution in [-0.4, -0.2) is 39.4 Å². The van der Waals surface area contributed by atoms with Gasteiger partial charge in [-0.2, -0.15) is 0 Å². The van der Waals surface area contributed by atoms with Crippen molar-refractivity contribution >= 4 is 29.1 Å². The van der Waals surface area contributed by atoms with Crippen LogP contribution in [0.2, 0.25) is 5.02 Å². The molecule has 2 atom stereocenters. The van der Waals surface area contributed by atoms with Crippen LogP contribution in [0.25, 0.3) is 0 Å². The van der Waals surface area contributed by atoms with Gasteiger partial charge in [0, 0.05) is 37.9 Å². The molecule has 8 nitrogen and oxygen atoms in total. The highest BCUT2D eigenvalue weighted by atomic mass is 35.5. The molecule has 0 aromatic carbocycles. The van der Waals surface area contributed by atoms with Crippen molar-refractivity contribution in [3.05, 3.63) is 44.5 Å². The van der Waals surface area contributed by atoms with E-state index in [0.29, 0.717) is 46.0 Å². The Morgan fingerprint density at radius 1 is 1.29 bits per heavy atom. The van der Waals surface area contributed by atoms with Crippen molar-refractivity contribution in [3.63, 3.8) is 0 Å². The van der Waals surface area contributed by atoms with Gasteiger partial charge in [0.15, 0.2) is 0 Å². The van der Waals surface area contributed by atoms with Gasteiger partial charge in [-0.25, -0.2) is 9.97 Å². The summed E-state index contributed by atoms with van der Waals surface area (Å²) in [7, 11) is 1.77. The molecule has 4 N–H and O–H groups in total. The maximum atomic E-state index is 13.4. The van der Waals surface area contributed by atoms with Crippen LogP contribution >= 0.6 is 11.6 Å². The van der Waals surface area contributed by atoms with Crippen molar-refractivity contribution in [3.8, 4) is 0 Å². The molecule has 3 aliphatic rings. The van der Waals surface area contributed by atoms with Crippen LogP contribution in [0.1, 0.15) is 49.4 Å². The Morgan fingerprint density at radius 2 is 2.03 bits per heavy atom. The average Bonchev–Trinajstić information content (AvgIpc) is 3.28. The van der Waals surface area contributed by atoms with E-state index in [0.717, 1.165) is 32.4 Å². The molecule has 2 aromatic heterocycles. The first-order chi connectivity index (χ1) is 14.8. The van der Waals surface area contributed by atoms with Crippen molar-refractivity contribution in [2.45, 2.75) is 45.2 Å². The number of piperidine rings is 1. The molecule has 0 bridgehead atoms. The largest absolute Gasteiger partial charge is 0.382 e. The van der Waals surface area contributed by atoms with Gasteiger partial charge < -0.3 is 16.4 Å². The number of nitrogens with two attached hydrogens (primary N) is 2. The van der Waals surface area contributed by atoms with E-state index in [1.54, 1.807) is 23.9 Å². The number of nitrogen functional groups attached to an aromatic ring is 1. The summed E-state index contributed by atoms with van der Waals surface area (Å²) in [4.78, 5) is 29.0. The molecule has 2 fully saturated rings. The third-order valence-corrected chi connectivity index (χ3v) is 7.77. The maximum Gasteiger partial charge on any atom is 0.264 e. The van der Waals surface area contributed by atoms with Crippen LogP contribution in [-0.2, 0) is 13.6 Å². The predicted octanol–water partition coefficient (Wildman–Crippen LogP) is 2.11. The third-order valence-electron chi connectivity index (χ3n) is 7.38. The molecule has 4 heterocycles. The molecule has 164 valence electrons. The molecule has 1 spiro atoms. The summed E-state index contributed by atoms with van der Waals surface area (Å²) in [5.41, 5.74) is 14.8.